The molecular weight excluding hydrogens is 397 g/mol. The van der Waals surface area contributed by atoms with E-state index in [-0.39, 0.29) is 11.5 Å². The second-order valence-electron chi connectivity index (χ2n) is 6.25. The van der Waals surface area contributed by atoms with E-state index in [2.05, 4.69) is 5.32 Å². The van der Waals surface area contributed by atoms with Crippen LogP contribution in [0, 0.1) is 15.9 Å². The summed E-state index contributed by atoms with van der Waals surface area (Å²) in [6, 6.07) is 11.0. The van der Waals surface area contributed by atoms with Gasteiger partial charge in [0.1, 0.15) is 5.82 Å². The first-order valence-corrected chi connectivity index (χ1v) is 9.20. The standard InChI is InChI=1S/C20H18FN3O4S/c1-3-16-17(19(25)28-2)18(12-4-8-15(9-5-12)24(26)27)22-20(29)23(16)14-10-6-13(21)7-11-14/h4-11,18H,3H2,1-2H3,(H,22,29)/t18-/m0/s1. The molecule has 0 aliphatic carbocycles. The van der Waals surface area contributed by atoms with Crippen molar-refractivity contribution in [1.29, 1.82) is 0 Å². The molecule has 0 bridgehead atoms. The number of nitro groups is 1. The number of carbonyl (C=O) groups is 1. The molecule has 1 aliphatic rings. The van der Waals surface area contributed by atoms with Crippen LogP contribution in [-0.2, 0) is 9.53 Å². The summed E-state index contributed by atoms with van der Waals surface area (Å²) in [7, 11) is 1.28. The zero-order chi connectivity index (χ0) is 21.1. The van der Waals surface area contributed by atoms with Crippen molar-refractivity contribution in [3.05, 3.63) is 81.3 Å². The number of nitrogens with one attached hydrogen (secondary N) is 1. The maximum absolute atomic E-state index is 13.4. The highest BCUT2D eigenvalue weighted by Crippen LogP contribution is 2.36. The number of anilines is 1. The molecule has 7 nitrogen and oxygen atoms in total. The van der Waals surface area contributed by atoms with Crippen LogP contribution >= 0.6 is 12.2 Å². The lowest BCUT2D eigenvalue weighted by molar-refractivity contribution is -0.384. The molecule has 0 saturated heterocycles. The molecule has 0 radical (unpaired) electrons. The number of esters is 1. The van der Waals surface area contributed by atoms with Crippen molar-refractivity contribution >= 4 is 34.7 Å². The van der Waals surface area contributed by atoms with Gasteiger partial charge in [-0.15, -0.1) is 0 Å². The number of nitro benzene ring substituents is 1. The summed E-state index contributed by atoms with van der Waals surface area (Å²) in [5.74, 6) is -0.934. The lowest BCUT2D eigenvalue weighted by atomic mass is 9.93. The highest BCUT2D eigenvalue weighted by atomic mass is 32.1. The fourth-order valence-electron chi connectivity index (χ4n) is 3.27. The quantitative estimate of drug-likeness (QED) is 0.342. The van der Waals surface area contributed by atoms with Gasteiger partial charge in [-0.1, -0.05) is 6.92 Å². The van der Waals surface area contributed by atoms with E-state index in [0.29, 0.717) is 34.1 Å². The third-order valence-corrected chi connectivity index (χ3v) is 4.90. The van der Waals surface area contributed by atoms with Gasteiger partial charge in [0.25, 0.3) is 5.69 Å². The molecule has 1 heterocycles. The SMILES string of the molecule is CCC1=C(C(=O)OC)[C@H](c2ccc([N+](=O)[O-])cc2)NC(=S)N1c1ccc(F)cc1. The van der Waals surface area contributed by atoms with Crippen LogP contribution in [0.1, 0.15) is 24.9 Å². The molecule has 150 valence electrons. The molecule has 9 heteroatoms. The molecule has 0 fully saturated rings. The molecule has 0 spiro atoms. The molecule has 3 rings (SSSR count). The van der Waals surface area contributed by atoms with Crippen molar-refractivity contribution in [1.82, 2.24) is 5.32 Å². The molecule has 2 aromatic rings. The van der Waals surface area contributed by atoms with Crippen molar-refractivity contribution in [2.45, 2.75) is 19.4 Å². The van der Waals surface area contributed by atoms with Gasteiger partial charge >= 0.3 is 5.97 Å². The number of non-ortho nitro benzene ring substituents is 1. The van der Waals surface area contributed by atoms with Gasteiger partial charge in [-0.25, -0.2) is 9.18 Å². The Morgan fingerprint density at radius 3 is 2.38 bits per heavy atom. The van der Waals surface area contributed by atoms with Gasteiger partial charge in [-0.2, -0.15) is 0 Å². The molecule has 0 aromatic heterocycles. The Morgan fingerprint density at radius 1 is 1.24 bits per heavy atom. The first-order valence-electron chi connectivity index (χ1n) is 8.79. The Hall–Kier alpha value is -3.33. The van der Waals surface area contributed by atoms with Crippen molar-refractivity contribution in [2.75, 3.05) is 12.0 Å². The van der Waals surface area contributed by atoms with Crippen molar-refractivity contribution in [3.63, 3.8) is 0 Å². The predicted octanol–water partition coefficient (Wildman–Crippen LogP) is 4.01. The molecule has 1 atom stereocenters. The monoisotopic (exact) mass is 415 g/mol. The third-order valence-electron chi connectivity index (χ3n) is 4.60. The van der Waals surface area contributed by atoms with E-state index in [4.69, 9.17) is 17.0 Å². The maximum Gasteiger partial charge on any atom is 0.337 e. The van der Waals surface area contributed by atoms with Gasteiger partial charge in [-0.05, 0) is 60.6 Å². The summed E-state index contributed by atoms with van der Waals surface area (Å²) in [4.78, 5) is 24.8. The van der Waals surface area contributed by atoms with Gasteiger partial charge in [0.05, 0.1) is 23.6 Å². The molecule has 1 aliphatic heterocycles. The van der Waals surface area contributed by atoms with Gasteiger partial charge in [0.2, 0.25) is 0 Å². The Morgan fingerprint density at radius 2 is 1.86 bits per heavy atom. The fraction of sp³-hybridized carbons (Fsp3) is 0.200. The number of ether oxygens (including phenoxy) is 1. The molecule has 0 unspecified atom stereocenters. The predicted molar refractivity (Wildman–Crippen MR) is 110 cm³/mol. The average Bonchev–Trinajstić information content (AvgIpc) is 2.73. The van der Waals surface area contributed by atoms with Crippen LogP contribution < -0.4 is 10.2 Å². The molecule has 0 amide bonds. The summed E-state index contributed by atoms with van der Waals surface area (Å²) in [5, 5.41) is 14.4. The second kappa shape index (κ2) is 8.36. The Labute approximate surface area is 171 Å². The van der Waals surface area contributed by atoms with Crippen LogP contribution in [0.2, 0.25) is 0 Å². The van der Waals surface area contributed by atoms with Gasteiger partial charge in [0.15, 0.2) is 5.11 Å². The summed E-state index contributed by atoms with van der Waals surface area (Å²) in [5.41, 5.74) is 2.11. The summed E-state index contributed by atoms with van der Waals surface area (Å²) >= 11 is 5.53. The Kier molecular flexibility index (Phi) is 5.88. The van der Waals surface area contributed by atoms with E-state index < -0.39 is 16.9 Å². The highest BCUT2D eigenvalue weighted by molar-refractivity contribution is 7.80. The number of hydrogen-bond donors (Lipinski definition) is 1. The van der Waals surface area contributed by atoms with Gasteiger partial charge in [-0.3, -0.25) is 15.0 Å². The van der Waals surface area contributed by atoms with E-state index in [9.17, 15) is 19.3 Å². The minimum atomic E-state index is -0.637. The van der Waals surface area contributed by atoms with Crippen LogP contribution in [0.3, 0.4) is 0 Å². The lowest BCUT2D eigenvalue weighted by Crippen LogP contribution is -2.48. The molecule has 2 aromatic carbocycles. The van der Waals surface area contributed by atoms with E-state index in [0.717, 1.165) is 0 Å². The summed E-state index contributed by atoms with van der Waals surface area (Å²) in [6.07, 6.45) is 0.451. The Balaban J connectivity index is 2.14. The fourth-order valence-corrected chi connectivity index (χ4v) is 3.60. The molecule has 0 saturated carbocycles. The van der Waals surface area contributed by atoms with Crippen LogP contribution in [0.5, 0.6) is 0 Å². The normalized spacial score (nSPS) is 16.4. The van der Waals surface area contributed by atoms with Crippen LogP contribution in [0.15, 0.2) is 59.8 Å². The van der Waals surface area contributed by atoms with Gasteiger partial charge < -0.3 is 10.1 Å². The maximum atomic E-state index is 13.4. The average molecular weight is 415 g/mol. The van der Waals surface area contributed by atoms with E-state index >= 15 is 0 Å². The summed E-state index contributed by atoms with van der Waals surface area (Å²) in [6.45, 7) is 1.87. The largest absolute Gasteiger partial charge is 0.466 e. The van der Waals surface area contributed by atoms with E-state index in [1.807, 2.05) is 6.92 Å². The minimum Gasteiger partial charge on any atom is -0.466 e. The molecular formula is C20H18FN3O4S. The molecule has 29 heavy (non-hydrogen) atoms. The minimum absolute atomic E-state index is 0.0561. The first kappa shape index (κ1) is 20.4. The van der Waals surface area contributed by atoms with Crippen LogP contribution in [0.4, 0.5) is 15.8 Å². The Bertz CT molecular complexity index is 990. The van der Waals surface area contributed by atoms with E-state index in [1.54, 1.807) is 29.2 Å². The number of carbonyl (C=O) groups excluding carboxylic acids is 1. The number of hydrogen-bond acceptors (Lipinski definition) is 5. The number of halogens is 1. The van der Waals surface area contributed by atoms with Crippen LogP contribution in [-0.4, -0.2) is 23.1 Å². The number of methoxy groups -OCH3 is 1. The van der Waals surface area contributed by atoms with Crippen LogP contribution in [0.25, 0.3) is 0 Å². The third kappa shape index (κ3) is 3.95. The molecule has 1 N–H and O–H groups in total. The zero-order valence-electron chi connectivity index (χ0n) is 15.7. The number of allylic oxidation sites excluding steroid dienone is 1. The van der Waals surface area contributed by atoms with Crippen molar-refractivity contribution < 1.29 is 18.8 Å². The number of benzene rings is 2. The number of nitrogens with zero attached hydrogens (tertiary/aromatic N) is 2. The first-order chi connectivity index (χ1) is 13.9. The topological polar surface area (TPSA) is 84.7 Å². The van der Waals surface area contributed by atoms with Crippen molar-refractivity contribution in [2.24, 2.45) is 0 Å². The highest BCUT2D eigenvalue weighted by Gasteiger charge is 2.36. The smallest absolute Gasteiger partial charge is 0.337 e. The van der Waals surface area contributed by atoms with Crippen molar-refractivity contribution in [3.8, 4) is 0 Å². The summed E-state index contributed by atoms with van der Waals surface area (Å²) < 4.78 is 18.4. The van der Waals surface area contributed by atoms with E-state index in [1.165, 1.54) is 31.4 Å². The number of thiocarbonyl (C=S) groups is 1. The number of rotatable bonds is 5. The second-order valence-corrected chi connectivity index (χ2v) is 6.64. The van der Waals surface area contributed by atoms with Gasteiger partial charge in [0, 0.05) is 23.5 Å². The lowest BCUT2D eigenvalue weighted by Gasteiger charge is -2.38. The zero-order valence-corrected chi connectivity index (χ0v) is 16.5.